The first-order chi connectivity index (χ1) is 9.56. The first kappa shape index (κ1) is 14.8. The van der Waals surface area contributed by atoms with Gasteiger partial charge in [-0.25, -0.2) is 0 Å². The van der Waals surface area contributed by atoms with Crippen molar-refractivity contribution in [2.75, 3.05) is 19.6 Å². The normalized spacial score (nSPS) is 21.2. The van der Waals surface area contributed by atoms with Gasteiger partial charge in [0.1, 0.15) is 5.41 Å². The van der Waals surface area contributed by atoms with E-state index in [0.29, 0.717) is 38.8 Å². The smallest absolute Gasteiger partial charge is 0.319 e. The van der Waals surface area contributed by atoms with Gasteiger partial charge in [0.05, 0.1) is 0 Å². The summed E-state index contributed by atoms with van der Waals surface area (Å²) in [5, 5.41) is 11.7. The summed E-state index contributed by atoms with van der Waals surface area (Å²) in [6, 6.07) is 0. The number of likely N-dealkylation sites (tertiary alicyclic amines) is 1. The summed E-state index contributed by atoms with van der Waals surface area (Å²) in [5.41, 5.74) is -1.17. The van der Waals surface area contributed by atoms with E-state index in [0.717, 1.165) is 25.8 Å². The van der Waals surface area contributed by atoms with Crippen molar-refractivity contribution in [3.8, 4) is 0 Å². The maximum atomic E-state index is 11.8. The van der Waals surface area contributed by atoms with Crippen LogP contribution in [0.25, 0.3) is 0 Å². The number of carboxylic acids is 1. The van der Waals surface area contributed by atoms with Crippen LogP contribution >= 0.6 is 0 Å². The van der Waals surface area contributed by atoms with Crippen LogP contribution in [0.2, 0.25) is 0 Å². The molecule has 0 atom stereocenters. The lowest BCUT2D eigenvalue weighted by molar-refractivity contribution is -0.149. The van der Waals surface area contributed by atoms with Gasteiger partial charge >= 0.3 is 5.97 Å². The molecule has 1 heterocycles. The van der Waals surface area contributed by atoms with E-state index in [1.54, 1.807) is 0 Å². The molecule has 0 bridgehead atoms. The quantitative estimate of drug-likeness (QED) is 0.556. The number of carbonyl (C=O) groups is 3. The van der Waals surface area contributed by atoms with Crippen molar-refractivity contribution in [2.24, 2.45) is 5.41 Å². The molecule has 2 amide bonds. The van der Waals surface area contributed by atoms with E-state index in [2.05, 4.69) is 5.32 Å². The van der Waals surface area contributed by atoms with Crippen LogP contribution in [0.15, 0.2) is 0 Å². The number of carboxylic acid groups (broad SMARTS) is 1. The minimum absolute atomic E-state index is 0.193. The van der Waals surface area contributed by atoms with E-state index in [1.807, 2.05) is 4.90 Å². The molecule has 1 aliphatic heterocycles. The predicted octanol–water partition coefficient (Wildman–Crippen LogP) is 0.760. The third-order valence-electron chi connectivity index (χ3n) is 4.16. The van der Waals surface area contributed by atoms with Crippen molar-refractivity contribution < 1.29 is 19.5 Å². The molecule has 2 aliphatic rings. The first-order valence-corrected chi connectivity index (χ1v) is 7.36. The van der Waals surface area contributed by atoms with Gasteiger partial charge in [0.25, 0.3) is 0 Å². The van der Waals surface area contributed by atoms with Crippen LogP contribution in [-0.4, -0.2) is 47.4 Å². The van der Waals surface area contributed by atoms with Crippen molar-refractivity contribution in [3.05, 3.63) is 0 Å². The second-order valence-corrected chi connectivity index (χ2v) is 5.69. The highest BCUT2D eigenvalue weighted by molar-refractivity contribution is 6.04. The zero-order valence-electron chi connectivity index (χ0n) is 11.7. The second-order valence-electron chi connectivity index (χ2n) is 5.69. The highest BCUT2D eigenvalue weighted by Gasteiger charge is 2.56. The molecule has 1 aliphatic carbocycles. The van der Waals surface area contributed by atoms with E-state index in [4.69, 9.17) is 5.11 Å². The first-order valence-electron chi connectivity index (χ1n) is 7.36. The maximum Gasteiger partial charge on any atom is 0.319 e. The van der Waals surface area contributed by atoms with Crippen LogP contribution in [0, 0.1) is 5.41 Å². The Hall–Kier alpha value is -1.59. The molecule has 6 nitrogen and oxygen atoms in total. The van der Waals surface area contributed by atoms with Gasteiger partial charge in [-0.15, -0.1) is 0 Å². The van der Waals surface area contributed by atoms with Crippen molar-refractivity contribution in [3.63, 3.8) is 0 Å². The summed E-state index contributed by atoms with van der Waals surface area (Å²) in [7, 11) is 0. The molecule has 2 fully saturated rings. The highest BCUT2D eigenvalue weighted by atomic mass is 16.4. The second kappa shape index (κ2) is 6.24. The van der Waals surface area contributed by atoms with Gasteiger partial charge in [0, 0.05) is 26.1 Å². The number of carbonyl (C=O) groups excluding carboxylic acids is 2. The average molecular weight is 282 g/mol. The summed E-state index contributed by atoms with van der Waals surface area (Å²) in [5.74, 6) is -1.22. The predicted molar refractivity (Wildman–Crippen MR) is 72.0 cm³/mol. The standard InChI is InChI=1S/C14H22N2O4/c17-11-5-2-1-3-9-16(11)10-4-8-15-12(18)14(6-7-14)13(19)20/h1-10H2,(H,15,18)(H,19,20). The van der Waals surface area contributed by atoms with Crippen LogP contribution in [0.5, 0.6) is 0 Å². The molecule has 0 aromatic carbocycles. The topological polar surface area (TPSA) is 86.7 Å². The fourth-order valence-corrected chi connectivity index (χ4v) is 2.58. The lowest BCUT2D eigenvalue weighted by Gasteiger charge is -2.20. The van der Waals surface area contributed by atoms with Gasteiger partial charge in [0.15, 0.2) is 0 Å². The van der Waals surface area contributed by atoms with Crippen LogP contribution in [0.4, 0.5) is 0 Å². The molecule has 1 saturated carbocycles. The number of aliphatic carboxylic acids is 1. The molecular formula is C14H22N2O4. The number of rotatable bonds is 6. The Labute approximate surface area is 118 Å². The Morgan fingerprint density at radius 2 is 2.00 bits per heavy atom. The van der Waals surface area contributed by atoms with E-state index in [-0.39, 0.29) is 11.8 Å². The molecule has 0 aromatic rings. The molecular weight excluding hydrogens is 260 g/mol. The molecule has 1 saturated heterocycles. The van der Waals surface area contributed by atoms with Gasteiger partial charge in [-0.05, 0) is 32.1 Å². The Morgan fingerprint density at radius 3 is 2.65 bits per heavy atom. The van der Waals surface area contributed by atoms with Crippen LogP contribution in [-0.2, 0) is 14.4 Å². The Morgan fingerprint density at radius 1 is 1.25 bits per heavy atom. The van der Waals surface area contributed by atoms with Crippen LogP contribution in [0.1, 0.15) is 44.9 Å². The molecule has 20 heavy (non-hydrogen) atoms. The SMILES string of the molecule is O=C1CCCCCN1CCCNC(=O)C1(C(=O)O)CC1. The lowest BCUT2D eigenvalue weighted by Crippen LogP contribution is -2.39. The zero-order chi connectivity index (χ0) is 14.6. The van der Waals surface area contributed by atoms with Gasteiger partial charge in [-0.3, -0.25) is 14.4 Å². The van der Waals surface area contributed by atoms with Crippen molar-refractivity contribution in [1.82, 2.24) is 10.2 Å². The Kier molecular flexibility index (Phi) is 4.62. The summed E-state index contributed by atoms with van der Waals surface area (Å²) in [6.45, 7) is 1.86. The van der Waals surface area contributed by atoms with Crippen molar-refractivity contribution in [1.29, 1.82) is 0 Å². The molecule has 6 heteroatoms. The molecule has 2 N–H and O–H groups in total. The number of hydrogen-bond acceptors (Lipinski definition) is 3. The Bertz CT molecular complexity index is 404. The third kappa shape index (κ3) is 3.29. The number of amides is 2. The molecule has 0 aromatic heterocycles. The van der Waals surface area contributed by atoms with Gasteiger partial charge in [-0.1, -0.05) is 6.42 Å². The fraction of sp³-hybridized carbons (Fsp3) is 0.786. The van der Waals surface area contributed by atoms with Gasteiger partial charge < -0.3 is 15.3 Å². The van der Waals surface area contributed by atoms with Gasteiger partial charge in [-0.2, -0.15) is 0 Å². The summed E-state index contributed by atoms with van der Waals surface area (Å²) < 4.78 is 0. The van der Waals surface area contributed by atoms with Crippen LogP contribution in [0.3, 0.4) is 0 Å². The van der Waals surface area contributed by atoms with E-state index < -0.39 is 11.4 Å². The summed E-state index contributed by atoms with van der Waals surface area (Å²) in [4.78, 5) is 36.4. The van der Waals surface area contributed by atoms with Crippen molar-refractivity contribution >= 4 is 17.8 Å². The summed E-state index contributed by atoms with van der Waals surface area (Å²) in [6.07, 6.45) is 5.26. The number of nitrogens with zero attached hydrogens (tertiary/aromatic N) is 1. The van der Waals surface area contributed by atoms with E-state index in [1.165, 1.54) is 0 Å². The lowest BCUT2D eigenvalue weighted by atomic mass is 10.1. The minimum atomic E-state index is -1.17. The number of hydrogen-bond donors (Lipinski definition) is 2. The maximum absolute atomic E-state index is 11.8. The summed E-state index contributed by atoms with van der Waals surface area (Å²) >= 11 is 0. The molecule has 0 unspecified atom stereocenters. The van der Waals surface area contributed by atoms with E-state index >= 15 is 0 Å². The highest BCUT2D eigenvalue weighted by Crippen LogP contribution is 2.45. The Balaban J connectivity index is 1.67. The molecule has 112 valence electrons. The van der Waals surface area contributed by atoms with Gasteiger partial charge in [0.2, 0.25) is 11.8 Å². The monoisotopic (exact) mass is 282 g/mol. The molecule has 0 radical (unpaired) electrons. The number of nitrogens with one attached hydrogen (secondary N) is 1. The third-order valence-corrected chi connectivity index (χ3v) is 4.16. The van der Waals surface area contributed by atoms with Crippen molar-refractivity contribution in [2.45, 2.75) is 44.9 Å². The minimum Gasteiger partial charge on any atom is -0.480 e. The average Bonchev–Trinajstić information content (AvgIpc) is 3.21. The fourth-order valence-electron chi connectivity index (χ4n) is 2.58. The van der Waals surface area contributed by atoms with Crippen LogP contribution < -0.4 is 5.32 Å². The largest absolute Gasteiger partial charge is 0.480 e. The molecule has 0 spiro atoms. The van der Waals surface area contributed by atoms with E-state index in [9.17, 15) is 14.4 Å². The molecule has 2 rings (SSSR count). The zero-order valence-corrected chi connectivity index (χ0v) is 11.7.